The van der Waals surface area contributed by atoms with Gasteiger partial charge in [0.2, 0.25) is 0 Å². The van der Waals surface area contributed by atoms with Crippen LogP contribution in [-0.4, -0.2) is 15.5 Å². The first-order chi connectivity index (χ1) is 9.11. The van der Waals surface area contributed by atoms with Gasteiger partial charge >= 0.3 is 0 Å². The minimum absolute atomic E-state index is 0.0856. The lowest BCUT2D eigenvalue weighted by molar-refractivity contribution is 0.0941. The minimum atomic E-state index is -0.0856. The van der Waals surface area contributed by atoms with E-state index in [0.29, 0.717) is 12.2 Å². The van der Waals surface area contributed by atoms with E-state index in [2.05, 4.69) is 26.2 Å². The Hall–Kier alpha value is -1.62. The molecule has 2 aromatic rings. The molecule has 0 aliphatic carbocycles. The second kappa shape index (κ2) is 6.02. The Bertz CT molecular complexity index is 592. The summed E-state index contributed by atoms with van der Waals surface area (Å²) < 4.78 is 2.82. The van der Waals surface area contributed by atoms with Crippen LogP contribution in [0.15, 0.2) is 35.1 Å². The van der Waals surface area contributed by atoms with E-state index >= 15 is 0 Å². The Kier molecular flexibility index (Phi) is 4.37. The third kappa shape index (κ3) is 3.23. The molecule has 0 spiro atoms. The summed E-state index contributed by atoms with van der Waals surface area (Å²) >= 11 is 3.39. The second-order valence-electron chi connectivity index (χ2n) is 4.28. The van der Waals surface area contributed by atoms with E-state index < -0.39 is 0 Å². The van der Waals surface area contributed by atoms with Crippen LogP contribution in [0.4, 0.5) is 0 Å². The fourth-order valence-electron chi connectivity index (χ4n) is 1.88. The SMILES string of the molecule is CCn1cc(Br)cc1C(=O)NCc1ncccc1C. The highest BCUT2D eigenvalue weighted by Crippen LogP contribution is 2.15. The maximum Gasteiger partial charge on any atom is 0.268 e. The van der Waals surface area contributed by atoms with Gasteiger partial charge in [0, 0.05) is 23.4 Å². The Morgan fingerprint density at radius 1 is 1.53 bits per heavy atom. The van der Waals surface area contributed by atoms with E-state index in [9.17, 15) is 4.79 Å². The van der Waals surface area contributed by atoms with Crippen LogP contribution in [0.3, 0.4) is 0 Å². The Balaban J connectivity index is 2.07. The standard InChI is InChI=1S/C14H16BrN3O/c1-3-18-9-11(15)7-13(18)14(19)17-8-12-10(2)5-4-6-16-12/h4-7,9H,3,8H2,1-2H3,(H,17,19). The fraction of sp³-hybridized carbons (Fsp3) is 0.286. The molecule has 2 heterocycles. The molecule has 2 rings (SSSR count). The summed E-state index contributed by atoms with van der Waals surface area (Å²) in [4.78, 5) is 16.4. The van der Waals surface area contributed by atoms with Gasteiger partial charge in [-0.1, -0.05) is 6.07 Å². The number of aromatic nitrogens is 2. The number of rotatable bonds is 4. The summed E-state index contributed by atoms with van der Waals surface area (Å²) in [7, 11) is 0. The monoisotopic (exact) mass is 321 g/mol. The summed E-state index contributed by atoms with van der Waals surface area (Å²) in [5.74, 6) is -0.0856. The molecule has 1 amide bonds. The number of aryl methyl sites for hydroxylation is 2. The lowest BCUT2D eigenvalue weighted by Crippen LogP contribution is -2.26. The summed E-state index contributed by atoms with van der Waals surface area (Å²) in [6.45, 7) is 5.20. The number of hydrogen-bond donors (Lipinski definition) is 1. The molecule has 0 bridgehead atoms. The average molecular weight is 322 g/mol. The Labute approximate surface area is 121 Å². The zero-order valence-electron chi connectivity index (χ0n) is 11.0. The topological polar surface area (TPSA) is 46.9 Å². The lowest BCUT2D eigenvalue weighted by atomic mass is 10.2. The molecule has 0 unspecified atom stereocenters. The van der Waals surface area contributed by atoms with Crippen molar-refractivity contribution in [3.05, 3.63) is 52.0 Å². The van der Waals surface area contributed by atoms with Crippen LogP contribution in [-0.2, 0) is 13.1 Å². The number of pyridine rings is 1. The van der Waals surface area contributed by atoms with Crippen molar-refractivity contribution in [2.24, 2.45) is 0 Å². The number of nitrogens with zero attached hydrogens (tertiary/aromatic N) is 2. The summed E-state index contributed by atoms with van der Waals surface area (Å²) in [5.41, 5.74) is 2.63. The van der Waals surface area contributed by atoms with Crippen molar-refractivity contribution in [1.82, 2.24) is 14.9 Å². The molecule has 19 heavy (non-hydrogen) atoms. The minimum Gasteiger partial charge on any atom is -0.345 e. The molecule has 5 heteroatoms. The highest BCUT2D eigenvalue weighted by atomic mass is 79.9. The van der Waals surface area contributed by atoms with Gasteiger partial charge in [0.25, 0.3) is 5.91 Å². The normalized spacial score (nSPS) is 10.5. The molecule has 2 aromatic heterocycles. The van der Waals surface area contributed by atoms with Crippen LogP contribution >= 0.6 is 15.9 Å². The van der Waals surface area contributed by atoms with E-state index in [-0.39, 0.29) is 5.91 Å². The zero-order valence-corrected chi connectivity index (χ0v) is 12.6. The smallest absolute Gasteiger partial charge is 0.268 e. The molecule has 100 valence electrons. The van der Waals surface area contributed by atoms with Crippen molar-refractivity contribution < 1.29 is 4.79 Å². The van der Waals surface area contributed by atoms with Crippen molar-refractivity contribution in [3.8, 4) is 0 Å². The molecular weight excluding hydrogens is 306 g/mol. The first-order valence-electron chi connectivity index (χ1n) is 6.16. The van der Waals surface area contributed by atoms with Gasteiger partial charge in [0.1, 0.15) is 5.69 Å². The summed E-state index contributed by atoms with van der Waals surface area (Å²) in [6.07, 6.45) is 3.64. The predicted molar refractivity (Wildman–Crippen MR) is 78.0 cm³/mol. The van der Waals surface area contributed by atoms with Crippen molar-refractivity contribution in [3.63, 3.8) is 0 Å². The molecule has 0 radical (unpaired) electrons. The molecule has 0 aliphatic rings. The van der Waals surface area contributed by atoms with E-state index in [0.717, 1.165) is 22.3 Å². The number of nitrogens with one attached hydrogen (secondary N) is 1. The van der Waals surface area contributed by atoms with Gasteiger partial charge in [-0.05, 0) is 47.5 Å². The molecule has 0 aromatic carbocycles. The quantitative estimate of drug-likeness (QED) is 0.941. The van der Waals surface area contributed by atoms with E-state index in [1.54, 1.807) is 6.20 Å². The van der Waals surface area contributed by atoms with Crippen molar-refractivity contribution in [2.45, 2.75) is 26.9 Å². The molecule has 0 saturated carbocycles. The van der Waals surface area contributed by atoms with Gasteiger partial charge < -0.3 is 9.88 Å². The number of hydrogen-bond acceptors (Lipinski definition) is 2. The van der Waals surface area contributed by atoms with E-state index in [4.69, 9.17) is 0 Å². The van der Waals surface area contributed by atoms with Crippen molar-refractivity contribution in [2.75, 3.05) is 0 Å². The van der Waals surface area contributed by atoms with Crippen LogP contribution in [0, 0.1) is 6.92 Å². The molecule has 0 atom stereocenters. The molecule has 1 N–H and O–H groups in total. The first-order valence-corrected chi connectivity index (χ1v) is 6.95. The molecule has 0 fully saturated rings. The molecule has 4 nitrogen and oxygen atoms in total. The molecule has 0 aliphatic heterocycles. The number of amides is 1. The Morgan fingerprint density at radius 2 is 2.32 bits per heavy atom. The van der Waals surface area contributed by atoms with Crippen molar-refractivity contribution in [1.29, 1.82) is 0 Å². The fourth-order valence-corrected chi connectivity index (χ4v) is 2.35. The van der Waals surface area contributed by atoms with Crippen LogP contribution in [0.5, 0.6) is 0 Å². The number of carbonyl (C=O) groups is 1. The third-order valence-corrected chi connectivity index (χ3v) is 3.40. The number of carbonyl (C=O) groups excluding carboxylic acids is 1. The van der Waals surface area contributed by atoms with Gasteiger partial charge in [-0.3, -0.25) is 9.78 Å². The highest BCUT2D eigenvalue weighted by molar-refractivity contribution is 9.10. The molecular formula is C14H16BrN3O. The summed E-state index contributed by atoms with van der Waals surface area (Å²) in [6, 6.07) is 5.70. The van der Waals surface area contributed by atoms with Crippen LogP contribution < -0.4 is 5.32 Å². The maximum absolute atomic E-state index is 12.1. The van der Waals surface area contributed by atoms with Gasteiger partial charge in [0.15, 0.2) is 0 Å². The van der Waals surface area contributed by atoms with Crippen molar-refractivity contribution >= 4 is 21.8 Å². The lowest BCUT2D eigenvalue weighted by Gasteiger charge is -2.08. The summed E-state index contributed by atoms with van der Waals surface area (Å²) in [5, 5.41) is 2.90. The molecule has 0 saturated heterocycles. The van der Waals surface area contributed by atoms with Crippen LogP contribution in [0.2, 0.25) is 0 Å². The van der Waals surface area contributed by atoms with Gasteiger partial charge in [0.05, 0.1) is 12.2 Å². The van der Waals surface area contributed by atoms with Gasteiger partial charge in [-0.25, -0.2) is 0 Å². The van der Waals surface area contributed by atoms with E-state index in [1.165, 1.54) is 0 Å². The highest BCUT2D eigenvalue weighted by Gasteiger charge is 2.12. The largest absolute Gasteiger partial charge is 0.345 e. The zero-order chi connectivity index (χ0) is 13.8. The van der Waals surface area contributed by atoms with Gasteiger partial charge in [-0.15, -0.1) is 0 Å². The maximum atomic E-state index is 12.1. The first kappa shape index (κ1) is 13.8. The Morgan fingerprint density at radius 3 is 3.00 bits per heavy atom. The average Bonchev–Trinajstić information content (AvgIpc) is 2.79. The predicted octanol–water partition coefficient (Wildman–Crippen LogP) is 2.90. The van der Waals surface area contributed by atoms with Crippen LogP contribution in [0.25, 0.3) is 0 Å². The third-order valence-electron chi connectivity index (χ3n) is 2.97. The van der Waals surface area contributed by atoms with Crippen LogP contribution in [0.1, 0.15) is 28.7 Å². The second-order valence-corrected chi connectivity index (χ2v) is 5.19. The van der Waals surface area contributed by atoms with E-state index in [1.807, 2.05) is 42.8 Å². The number of halogens is 1. The van der Waals surface area contributed by atoms with Gasteiger partial charge in [-0.2, -0.15) is 0 Å².